The number of hydrogen-bond donors (Lipinski definition) is 1. The average molecular weight is 473 g/mol. The van der Waals surface area contributed by atoms with Crippen LogP contribution in [0.4, 0.5) is 4.79 Å². The highest BCUT2D eigenvalue weighted by Gasteiger charge is 2.65. The number of ether oxygens (including phenoxy) is 1. The summed E-state index contributed by atoms with van der Waals surface area (Å²) in [5.41, 5.74) is 0.972. The van der Waals surface area contributed by atoms with E-state index in [1.165, 1.54) is 25.7 Å². The van der Waals surface area contributed by atoms with Gasteiger partial charge in [0.25, 0.3) is 0 Å². The standard InChI is InChI=1S/C26H36N2O4S/c1-25-12-6-8-18(25)17-9-10-20-26(2,19(17)11-13-25)22(32-15-16-7-4-5-14-27-16)21(33-24(30)31)23(29)28(20)3/h4-5,7,14,17-22H,6,8-13,15H2,1-3H3,(H,30,31)/t17-,18-,19+,20?,21?,22?,25-,26+/m0/s1. The van der Waals surface area contributed by atoms with Crippen LogP contribution in [0.2, 0.25) is 0 Å². The largest absolute Gasteiger partial charge is 0.473 e. The summed E-state index contributed by atoms with van der Waals surface area (Å²) in [5.74, 6) is 1.69. The summed E-state index contributed by atoms with van der Waals surface area (Å²) in [5, 5.41) is 7.91. The summed E-state index contributed by atoms with van der Waals surface area (Å²) in [6, 6.07) is 5.80. The Labute approximate surface area is 200 Å². The van der Waals surface area contributed by atoms with Gasteiger partial charge in [0.15, 0.2) is 0 Å². The molecule has 1 aliphatic heterocycles. The van der Waals surface area contributed by atoms with Crippen LogP contribution in [0, 0.1) is 28.6 Å². The van der Waals surface area contributed by atoms with E-state index in [-0.39, 0.29) is 17.4 Å². The van der Waals surface area contributed by atoms with Gasteiger partial charge in [-0.05, 0) is 85.6 Å². The van der Waals surface area contributed by atoms with Crippen molar-refractivity contribution in [3.8, 4) is 0 Å². The second-order valence-electron chi connectivity index (χ2n) is 11.2. The van der Waals surface area contributed by atoms with Crippen molar-refractivity contribution in [1.82, 2.24) is 9.88 Å². The van der Waals surface area contributed by atoms with Gasteiger partial charge in [-0.1, -0.05) is 26.3 Å². The number of carbonyl (C=O) groups is 2. The van der Waals surface area contributed by atoms with Crippen molar-refractivity contribution in [3.05, 3.63) is 30.1 Å². The van der Waals surface area contributed by atoms with Gasteiger partial charge in [0, 0.05) is 24.7 Å². The lowest BCUT2D eigenvalue weighted by Gasteiger charge is -2.64. The quantitative estimate of drug-likeness (QED) is 0.647. The highest BCUT2D eigenvalue weighted by atomic mass is 32.2. The maximum absolute atomic E-state index is 13.4. The molecule has 0 aromatic carbocycles. The van der Waals surface area contributed by atoms with Crippen LogP contribution in [-0.2, 0) is 16.1 Å². The minimum atomic E-state index is -1.02. The number of carboxylic acid groups (broad SMARTS) is 1. The van der Waals surface area contributed by atoms with E-state index in [0.717, 1.165) is 42.6 Å². The average Bonchev–Trinajstić information content (AvgIpc) is 3.19. The van der Waals surface area contributed by atoms with Crippen molar-refractivity contribution in [1.29, 1.82) is 0 Å². The molecule has 1 aromatic rings. The molecular weight excluding hydrogens is 436 g/mol. The molecule has 1 amide bonds. The zero-order chi connectivity index (χ0) is 23.4. The molecule has 1 saturated heterocycles. The van der Waals surface area contributed by atoms with Crippen LogP contribution in [0.5, 0.6) is 0 Å². The lowest BCUT2D eigenvalue weighted by atomic mass is 9.47. The number of carbonyl (C=O) groups excluding carboxylic acids is 1. The SMILES string of the molecule is CN1C(=O)C(SC(=O)O)C(OCc2ccccn2)[C@@]2(C)C1CC[C@@H]1[C@H]2CC[C@]2(C)CCC[C@@H]12. The van der Waals surface area contributed by atoms with Crippen LogP contribution >= 0.6 is 11.8 Å². The predicted octanol–water partition coefficient (Wildman–Crippen LogP) is 5.22. The second kappa shape index (κ2) is 8.56. The molecule has 3 aliphatic carbocycles. The first-order valence-corrected chi connectivity index (χ1v) is 13.3. The number of hydrogen-bond acceptors (Lipinski definition) is 5. The molecular formula is C26H36N2O4S. The fourth-order valence-corrected chi connectivity index (χ4v) is 9.31. The van der Waals surface area contributed by atoms with Crippen molar-refractivity contribution >= 4 is 23.0 Å². The molecule has 4 aliphatic rings. The van der Waals surface area contributed by atoms with E-state index in [0.29, 0.717) is 23.9 Å². The van der Waals surface area contributed by atoms with Gasteiger partial charge in [-0.2, -0.15) is 0 Å². The van der Waals surface area contributed by atoms with E-state index >= 15 is 0 Å². The number of aromatic nitrogens is 1. The fraction of sp³-hybridized carbons (Fsp3) is 0.731. The van der Waals surface area contributed by atoms with E-state index in [1.54, 1.807) is 6.20 Å². The molecule has 5 rings (SSSR count). The molecule has 6 nitrogen and oxygen atoms in total. The van der Waals surface area contributed by atoms with Gasteiger partial charge in [0.1, 0.15) is 5.25 Å². The van der Waals surface area contributed by atoms with Crippen molar-refractivity contribution in [3.63, 3.8) is 0 Å². The van der Waals surface area contributed by atoms with Gasteiger partial charge in [-0.15, -0.1) is 0 Å². The molecule has 0 radical (unpaired) electrons. The molecule has 7 heteroatoms. The first-order chi connectivity index (χ1) is 15.8. The summed E-state index contributed by atoms with van der Waals surface area (Å²) < 4.78 is 6.57. The third-order valence-electron chi connectivity index (χ3n) is 9.82. The molecule has 180 valence electrons. The predicted molar refractivity (Wildman–Crippen MR) is 128 cm³/mol. The number of likely N-dealkylation sites (tertiary alicyclic amines) is 1. The first-order valence-electron chi connectivity index (χ1n) is 12.4. The Morgan fingerprint density at radius 2 is 2.03 bits per heavy atom. The van der Waals surface area contributed by atoms with Gasteiger partial charge in [-0.25, -0.2) is 4.79 Å². The molecule has 8 atom stereocenters. The number of fused-ring (bicyclic) bond motifs is 5. The number of rotatable bonds is 4. The van der Waals surface area contributed by atoms with Gasteiger partial charge < -0.3 is 14.7 Å². The van der Waals surface area contributed by atoms with Gasteiger partial charge >= 0.3 is 5.30 Å². The summed E-state index contributed by atoms with van der Waals surface area (Å²) in [6.45, 7) is 5.08. The highest BCUT2D eigenvalue weighted by Crippen LogP contribution is 2.65. The number of amides is 1. The van der Waals surface area contributed by atoms with Crippen molar-refractivity contribution in [2.24, 2.45) is 28.6 Å². The molecule has 33 heavy (non-hydrogen) atoms. The monoisotopic (exact) mass is 472 g/mol. The summed E-state index contributed by atoms with van der Waals surface area (Å²) in [7, 11) is 1.87. The first kappa shape index (κ1) is 23.2. The van der Waals surface area contributed by atoms with E-state index < -0.39 is 16.7 Å². The molecule has 2 heterocycles. The Hall–Kier alpha value is -1.60. The van der Waals surface area contributed by atoms with E-state index in [2.05, 4.69) is 18.8 Å². The zero-order valence-electron chi connectivity index (χ0n) is 19.9. The molecule has 1 N–H and O–H groups in total. The maximum Gasteiger partial charge on any atom is 0.365 e. The highest BCUT2D eigenvalue weighted by molar-refractivity contribution is 8.14. The van der Waals surface area contributed by atoms with Crippen molar-refractivity contribution in [2.45, 2.75) is 82.8 Å². The van der Waals surface area contributed by atoms with Crippen LogP contribution in [-0.4, -0.2) is 50.6 Å². The number of pyridine rings is 1. The maximum atomic E-state index is 13.4. The normalized spacial score (nSPS) is 42.4. The minimum absolute atomic E-state index is 0.0800. The van der Waals surface area contributed by atoms with Gasteiger partial charge in [-0.3, -0.25) is 9.78 Å². The van der Waals surface area contributed by atoms with E-state index in [9.17, 15) is 14.7 Å². The Morgan fingerprint density at radius 3 is 2.76 bits per heavy atom. The topological polar surface area (TPSA) is 79.7 Å². The summed E-state index contributed by atoms with van der Waals surface area (Å²) in [6.07, 6.45) is 9.74. The van der Waals surface area contributed by atoms with E-state index in [4.69, 9.17) is 4.74 Å². The Morgan fingerprint density at radius 1 is 1.21 bits per heavy atom. The smallest absolute Gasteiger partial charge is 0.365 e. The molecule has 3 unspecified atom stereocenters. The van der Waals surface area contributed by atoms with Gasteiger partial charge in [0.2, 0.25) is 5.91 Å². The zero-order valence-corrected chi connectivity index (χ0v) is 20.7. The number of thioether (sulfide) groups is 1. The van der Waals surface area contributed by atoms with Crippen LogP contribution in [0.15, 0.2) is 24.4 Å². The van der Waals surface area contributed by atoms with E-state index in [1.807, 2.05) is 30.1 Å². The third kappa shape index (κ3) is 3.70. The van der Waals surface area contributed by atoms with Gasteiger partial charge in [0.05, 0.1) is 18.4 Å². The Bertz CT molecular complexity index is 913. The molecule has 1 aromatic heterocycles. The molecule has 3 saturated carbocycles. The van der Waals surface area contributed by atoms with Crippen LogP contribution < -0.4 is 0 Å². The van der Waals surface area contributed by atoms with Crippen LogP contribution in [0.3, 0.4) is 0 Å². The van der Waals surface area contributed by atoms with Crippen molar-refractivity contribution in [2.75, 3.05) is 7.05 Å². The molecule has 0 spiro atoms. The number of piperidine rings is 1. The fourth-order valence-electron chi connectivity index (χ4n) is 8.33. The Kier molecular flexibility index (Phi) is 6.01. The minimum Gasteiger partial charge on any atom is -0.473 e. The lowest BCUT2D eigenvalue weighted by Crippen LogP contribution is -2.70. The third-order valence-corrected chi connectivity index (χ3v) is 10.7. The lowest BCUT2D eigenvalue weighted by molar-refractivity contribution is -0.195. The van der Waals surface area contributed by atoms with Crippen molar-refractivity contribution < 1.29 is 19.4 Å². The summed E-state index contributed by atoms with van der Waals surface area (Å²) >= 11 is 0.723. The van der Waals surface area contributed by atoms with Crippen LogP contribution in [0.1, 0.15) is 64.5 Å². The second-order valence-corrected chi connectivity index (χ2v) is 12.3. The Balaban J connectivity index is 1.52. The number of nitrogens with zero attached hydrogens (tertiary/aromatic N) is 2. The molecule has 0 bridgehead atoms. The summed E-state index contributed by atoms with van der Waals surface area (Å²) in [4.78, 5) is 31.5. The molecule has 4 fully saturated rings. The van der Waals surface area contributed by atoms with Crippen LogP contribution in [0.25, 0.3) is 0 Å².